The van der Waals surface area contributed by atoms with Crippen LogP contribution in [0.2, 0.25) is 0 Å². The molecule has 1 aromatic carbocycles. The topological polar surface area (TPSA) is 61.1 Å². The second-order valence-electron chi connectivity index (χ2n) is 3.28. The van der Waals surface area contributed by atoms with Gasteiger partial charge in [0.1, 0.15) is 16.8 Å². The monoisotopic (exact) mass is 247 g/mol. The predicted molar refractivity (Wildman–Crippen MR) is 61.4 cm³/mol. The third-order valence-electron chi connectivity index (χ3n) is 2.19. The molecule has 3 nitrogen and oxygen atoms in total. The van der Waals surface area contributed by atoms with Crippen LogP contribution in [-0.2, 0) is 0 Å². The van der Waals surface area contributed by atoms with E-state index in [-0.39, 0.29) is 11.1 Å². The molecule has 0 spiro atoms. The van der Waals surface area contributed by atoms with Gasteiger partial charge in [0.05, 0.1) is 5.56 Å². The van der Waals surface area contributed by atoms with Crippen molar-refractivity contribution in [3.63, 3.8) is 0 Å². The summed E-state index contributed by atoms with van der Waals surface area (Å²) in [5, 5.41) is 17.5. The van der Waals surface area contributed by atoms with E-state index in [1.807, 2.05) is 6.07 Å². The van der Waals surface area contributed by atoms with Gasteiger partial charge in [0.25, 0.3) is 0 Å². The van der Waals surface area contributed by atoms with Gasteiger partial charge in [0.2, 0.25) is 0 Å². The predicted octanol–water partition coefficient (Wildman–Crippen LogP) is 3.12. The van der Waals surface area contributed by atoms with Crippen molar-refractivity contribution in [2.24, 2.45) is 0 Å². The lowest BCUT2D eigenvalue weighted by Gasteiger charge is -2.01. The minimum Gasteiger partial charge on any atom is -0.478 e. The third kappa shape index (κ3) is 2.17. The van der Waals surface area contributed by atoms with Crippen molar-refractivity contribution < 1.29 is 14.3 Å². The first-order chi connectivity index (χ1) is 8.11. The summed E-state index contributed by atoms with van der Waals surface area (Å²) in [5.41, 5.74) is 0.227. The number of aromatic carboxylic acids is 1. The number of thiophene rings is 1. The van der Waals surface area contributed by atoms with Crippen LogP contribution in [0.3, 0.4) is 0 Å². The Morgan fingerprint density at radius 1 is 1.35 bits per heavy atom. The Kier molecular flexibility index (Phi) is 2.90. The van der Waals surface area contributed by atoms with E-state index in [0.29, 0.717) is 9.75 Å². The Hall–Kier alpha value is -2.19. The number of carbonyl (C=O) groups is 1. The van der Waals surface area contributed by atoms with Crippen molar-refractivity contribution in [3.05, 3.63) is 46.6 Å². The van der Waals surface area contributed by atoms with Gasteiger partial charge in [-0.15, -0.1) is 11.3 Å². The summed E-state index contributed by atoms with van der Waals surface area (Å²) in [6, 6.07) is 8.73. The van der Waals surface area contributed by atoms with Crippen molar-refractivity contribution in [1.82, 2.24) is 0 Å². The van der Waals surface area contributed by atoms with E-state index in [1.165, 1.54) is 12.1 Å². The molecule has 0 fully saturated rings. The number of carboxylic acids is 1. The molecule has 0 amide bonds. The maximum Gasteiger partial charge on any atom is 0.335 e. The van der Waals surface area contributed by atoms with Gasteiger partial charge < -0.3 is 5.11 Å². The summed E-state index contributed by atoms with van der Waals surface area (Å²) in [4.78, 5) is 11.8. The van der Waals surface area contributed by atoms with Crippen molar-refractivity contribution in [1.29, 1.82) is 5.26 Å². The van der Waals surface area contributed by atoms with Gasteiger partial charge in [-0.05, 0) is 30.3 Å². The summed E-state index contributed by atoms with van der Waals surface area (Å²) in [7, 11) is 0. The average molecular weight is 247 g/mol. The molecule has 0 saturated heterocycles. The highest BCUT2D eigenvalue weighted by Gasteiger charge is 2.11. The number of hydrogen-bond donors (Lipinski definition) is 1. The van der Waals surface area contributed by atoms with Crippen molar-refractivity contribution in [2.75, 3.05) is 0 Å². The molecule has 5 heteroatoms. The molecule has 0 saturated carbocycles. The fraction of sp³-hybridized carbons (Fsp3) is 0. The lowest BCUT2D eigenvalue weighted by Crippen LogP contribution is -1.97. The number of halogens is 1. The number of benzene rings is 1. The first-order valence-corrected chi connectivity index (χ1v) is 5.46. The Balaban J connectivity index is 2.54. The standard InChI is InChI=1S/C12H6FNO2S/c13-10-3-1-7(12(15)16)5-9(10)11-4-2-8(6-14)17-11/h1-5H,(H,15,16). The number of nitriles is 1. The fourth-order valence-electron chi connectivity index (χ4n) is 1.39. The summed E-state index contributed by atoms with van der Waals surface area (Å²) < 4.78 is 13.6. The van der Waals surface area contributed by atoms with Gasteiger partial charge in [-0.3, -0.25) is 0 Å². The van der Waals surface area contributed by atoms with Gasteiger partial charge >= 0.3 is 5.97 Å². The van der Waals surface area contributed by atoms with Crippen LogP contribution >= 0.6 is 11.3 Å². The van der Waals surface area contributed by atoms with Crippen molar-refractivity contribution in [3.8, 4) is 16.5 Å². The van der Waals surface area contributed by atoms with E-state index in [2.05, 4.69) is 0 Å². The largest absolute Gasteiger partial charge is 0.478 e. The van der Waals surface area contributed by atoms with Gasteiger partial charge in [-0.25, -0.2) is 9.18 Å². The van der Waals surface area contributed by atoms with E-state index >= 15 is 0 Å². The molecule has 84 valence electrons. The lowest BCUT2D eigenvalue weighted by atomic mass is 10.1. The van der Waals surface area contributed by atoms with E-state index in [4.69, 9.17) is 10.4 Å². The van der Waals surface area contributed by atoms with Crippen LogP contribution < -0.4 is 0 Å². The number of nitrogens with zero attached hydrogens (tertiary/aromatic N) is 1. The van der Waals surface area contributed by atoms with E-state index in [0.717, 1.165) is 17.4 Å². The molecule has 0 radical (unpaired) electrons. The molecule has 1 aromatic heterocycles. The molecular weight excluding hydrogens is 241 g/mol. The lowest BCUT2D eigenvalue weighted by molar-refractivity contribution is 0.0697. The Morgan fingerprint density at radius 2 is 2.12 bits per heavy atom. The van der Waals surface area contributed by atoms with Crippen LogP contribution in [0.4, 0.5) is 4.39 Å². The molecule has 2 rings (SSSR count). The van der Waals surface area contributed by atoms with Crippen LogP contribution in [0.1, 0.15) is 15.2 Å². The highest BCUT2D eigenvalue weighted by molar-refractivity contribution is 7.16. The zero-order valence-corrected chi connectivity index (χ0v) is 9.29. The normalized spacial score (nSPS) is 9.88. The molecule has 0 atom stereocenters. The molecule has 0 aliphatic heterocycles. The van der Waals surface area contributed by atoms with Crippen LogP contribution in [-0.4, -0.2) is 11.1 Å². The molecule has 1 N–H and O–H groups in total. The zero-order valence-electron chi connectivity index (χ0n) is 8.48. The third-order valence-corrected chi connectivity index (χ3v) is 3.22. The van der Waals surface area contributed by atoms with Crippen molar-refractivity contribution in [2.45, 2.75) is 0 Å². The maximum absolute atomic E-state index is 13.6. The summed E-state index contributed by atoms with van der Waals surface area (Å²) >= 11 is 1.13. The van der Waals surface area contributed by atoms with Gasteiger partial charge in [0, 0.05) is 10.4 Å². The minimum absolute atomic E-state index is 0.0216. The second kappa shape index (κ2) is 4.36. The Labute approximate surface area is 100 Å². The molecular formula is C12H6FNO2S. The average Bonchev–Trinajstić information content (AvgIpc) is 2.77. The SMILES string of the molecule is N#Cc1ccc(-c2cc(C(=O)O)ccc2F)s1. The molecule has 0 aliphatic carbocycles. The van der Waals surface area contributed by atoms with E-state index < -0.39 is 11.8 Å². The minimum atomic E-state index is -1.11. The molecule has 2 aromatic rings. The van der Waals surface area contributed by atoms with Crippen LogP contribution in [0.5, 0.6) is 0 Å². The number of hydrogen-bond acceptors (Lipinski definition) is 3. The second-order valence-corrected chi connectivity index (χ2v) is 4.36. The van der Waals surface area contributed by atoms with Crippen LogP contribution in [0, 0.1) is 17.1 Å². The summed E-state index contributed by atoms with van der Waals surface area (Å²) in [6.45, 7) is 0. The quantitative estimate of drug-likeness (QED) is 0.886. The Morgan fingerprint density at radius 3 is 2.71 bits per heavy atom. The molecule has 17 heavy (non-hydrogen) atoms. The Bertz CT molecular complexity index is 628. The van der Waals surface area contributed by atoms with Crippen LogP contribution in [0.25, 0.3) is 10.4 Å². The highest BCUT2D eigenvalue weighted by Crippen LogP contribution is 2.30. The molecule has 1 heterocycles. The van der Waals surface area contributed by atoms with Gasteiger partial charge in [-0.1, -0.05) is 0 Å². The van der Waals surface area contributed by atoms with Crippen molar-refractivity contribution >= 4 is 17.3 Å². The number of carboxylic acid groups (broad SMARTS) is 1. The van der Waals surface area contributed by atoms with Gasteiger partial charge in [0.15, 0.2) is 0 Å². The summed E-state index contributed by atoms with van der Waals surface area (Å²) in [6.07, 6.45) is 0. The zero-order chi connectivity index (χ0) is 12.4. The fourth-order valence-corrected chi connectivity index (χ4v) is 2.21. The van der Waals surface area contributed by atoms with E-state index in [1.54, 1.807) is 12.1 Å². The molecule has 0 bridgehead atoms. The molecule has 0 aliphatic rings. The maximum atomic E-state index is 13.6. The highest BCUT2D eigenvalue weighted by atomic mass is 32.1. The molecule has 0 unspecified atom stereocenters. The van der Waals surface area contributed by atoms with Crippen LogP contribution in [0.15, 0.2) is 30.3 Å². The van der Waals surface area contributed by atoms with E-state index in [9.17, 15) is 9.18 Å². The first kappa shape index (κ1) is 11.3. The van der Waals surface area contributed by atoms with Gasteiger partial charge in [-0.2, -0.15) is 5.26 Å². The number of rotatable bonds is 2. The smallest absolute Gasteiger partial charge is 0.335 e. The summed E-state index contributed by atoms with van der Waals surface area (Å²) in [5.74, 6) is -1.61. The first-order valence-electron chi connectivity index (χ1n) is 4.65.